The summed E-state index contributed by atoms with van der Waals surface area (Å²) in [5.41, 5.74) is 33.8. The van der Waals surface area contributed by atoms with Crippen molar-refractivity contribution in [3.8, 4) is 100 Å². The van der Waals surface area contributed by atoms with Crippen molar-refractivity contribution in [3.63, 3.8) is 0 Å². The van der Waals surface area contributed by atoms with Crippen LogP contribution in [0.15, 0.2) is 518 Å². The van der Waals surface area contributed by atoms with Crippen molar-refractivity contribution >= 4 is 154 Å². The second-order valence-electron chi connectivity index (χ2n) is 36.0. The summed E-state index contributed by atoms with van der Waals surface area (Å²) in [6.07, 6.45) is 0. The number of anilines is 6. The summed E-state index contributed by atoms with van der Waals surface area (Å²) >= 11 is 0. The molecule has 0 bridgehead atoms. The van der Waals surface area contributed by atoms with Crippen molar-refractivity contribution in [1.82, 2.24) is 9.13 Å². The van der Waals surface area contributed by atoms with Gasteiger partial charge in [0.2, 0.25) is 0 Å². The largest absolute Gasteiger partial charge is 0.455 e. The Bertz CT molecular complexity index is 9480. The molecule has 0 saturated carbocycles. The Morgan fingerprint density at radius 1 is 0.171 bits per heavy atom. The third-order valence-corrected chi connectivity index (χ3v) is 27.9. The number of furan rings is 2. The smallest absolute Gasteiger partial charge is 0.143 e. The van der Waals surface area contributed by atoms with Crippen LogP contribution < -0.4 is 9.80 Å². The minimum atomic E-state index is -0.241. The maximum atomic E-state index is 13.9. The predicted octanol–water partition coefficient (Wildman–Crippen LogP) is 37.4. The van der Waals surface area contributed by atoms with Gasteiger partial charge in [0.25, 0.3) is 0 Å². The quantitative estimate of drug-likeness (QED) is 0.0967. The molecule has 27 rings (SSSR count). The van der Waals surface area contributed by atoms with Gasteiger partial charge < -0.3 is 27.8 Å². The molecular weight excluding hydrogens is 1710 g/mol. The van der Waals surface area contributed by atoms with Crippen LogP contribution in [0.3, 0.4) is 0 Å². The summed E-state index contributed by atoms with van der Waals surface area (Å²) in [5, 5.41) is 16.1. The van der Waals surface area contributed by atoms with Crippen molar-refractivity contribution < 1.29 is 17.6 Å². The monoisotopic (exact) mass is 1790 g/mol. The third-order valence-electron chi connectivity index (χ3n) is 27.9. The number of benzene rings is 23. The SMILES string of the molecule is Fc1ccc(-c2ccc(-n3c4ccccc4c4ccc(-c5cc(-c6ccc(N(c7ccccc7)c7ccc8ccccc8c7)c7ccccc67)cc(-c6cccc7c6oc6ccccc67)c5)cc43)cc2)cc1.Fc1ccc(-c2ccc(-n3c4ccccc4c4ccc(-c5cc(-c6ccc(N(c7ccccc7)c7ccccc7)c7ccccc67)cc(-c6cccc7c6oc6ccccc67)c5)cc43)cc2)cc1. The zero-order valence-corrected chi connectivity index (χ0v) is 75.9. The molecule has 0 aliphatic heterocycles. The number of hydrogen-bond donors (Lipinski definition) is 0. The van der Waals surface area contributed by atoms with Crippen LogP contribution in [0.4, 0.5) is 42.9 Å². The van der Waals surface area contributed by atoms with Crippen LogP contribution in [0.2, 0.25) is 0 Å². The van der Waals surface area contributed by atoms with Crippen LogP contribution >= 0.6 is 0 Å². The van der Waals surface area contributed by atoms with Crippen LogP contribution in [0.5, 0.6) is 0 Å². The second kappa shape index (κ2) is 34.4. The van der Waals surface area contributed by atoms with Gasteiger partial charge in [0.05, 0.1) is 33.4 Å². The molecule has 0 aliphatic rings. The number of rotatable bonds is 16. The van der Waals surface area contributed by atoms with Gasteiger partial charge in [-0.2, -0.15) is 0 Å². The van der Waals surface area contributed by atoms with E-state index in [1.807, 2.05) is 42.5 Å². The fourth-order valence-corrected chi connectivity index (χ4v) is 21.3. The molecule has 0 spiro atoms. The number of para-hydroxylation sites is 9. The Balaban J connectivity index is 0.000000144. The van der Waals surface area contributed by atoms with Crippen molar-refractivity contribution in [2.75, 3.05) is 9.80 Å². The van der Waals surface area contributed by atoms with Crippen molar-refractivity contribution in [1.29, 1.82) is 0 Å². The molecule has 658 valence electrons. The molecule has 8 heteroatoms. The molecule has 0 unspecified atom stereocenters. The van der Waals surface area contributed by atoms with Crippen LogP contribution in [-0.2, 0) is 0 Å². The van der Waals surface area contributed by atoms with Gasteiger partial charge in [0, 0.05) is 99.1 Å². The van der Waals surface area contributed by atoms with Gasteiger partial charge in [-0.3, -0.25) is 0 Å². The highest BCUT2D eigenvalue weighted by Gasteiger charge is 2.26. The Hall–Kier alpha value is -18.5. The summed E-state index contributed by atoms with van der Waals surface area (Å²) in [6, 6.07) is 179. The lowest BCUT2D eigenvalue weighted by molar-refractivity contribution is 0.627. The maximum Gasteiger partial charge on any atom is 0.143 e. The van der Waals surface area contributed by atoms with E-state index in [4.69, 9.17) is 8.83 Å². The Labute approximate surface area is 806 Å². The number of fused-ring (bicyclic) bond motifs is 15. The molecule has 140 heavy (non-hydrogen) atoms. The van der Waals surface area contributed by atoms with E-state index in [9.17, 15) is 8.78 Å². The van der Waals surface area contributed by atoms with Gasteiger partial charge in [-0.05, 0) is 281 Å². The summed E-state index contributed by atoms with van der Waals surface area (Å²) in [7, 11) is 0. The van der Waals surface area contributed by atoms with E-state index in [0.29, 0.717) is 0 Å². The summed E-state index contributed by atoms with van der Waals surface area (Å²) in [6.45, 7) is 0. The van der Waals surface area contributed by atoms with E-state index in [1.165, 1.54) is 56.6 Å². The third kappa shape index (κ3) is 14.6. The number of aromatic nitrogens is 2. The molecular formula is C132H84F2N4O2. The normalized spacial score (nSPS) is 11.6. The summed E-state index contributed by atoms with van der Waals surface area (Å²) < 4.78 is 45.8. The lowest BCUT2D eigenvalue weighted by atomic mass is 9.90. The maximum absolute atomic E-state index is 13.9. The molecule has 27 aromatic rings. The molecule has 0 saturated heterocycles. The first-order chi connectivity index (χ1) is 69.2. The van der Waals surface area contributed by atoms with Gasteiger partial charge in [0.15, 0.2) is 0 Å². The van der Waals surface area contributed by atoms with Gasteiger partial charge >= 0.3 is 0 Å². The molecule has 4 heterocycles. The van der Waals surface area contributed by atoms with Crippen LogP contribution in [0.25, 0.3) is 220 Å². The zero-order valence-electron chi connectivity index (χ0n) is 75.9. The zero-order chi connectivity index (χ0) is 92.8. The average molecular weight is 1800 g/mol. The average Bonchev–Trinajstić information content (AvgIpc) is 1.15. The number of hydrogen-bond acceptors (Lipinski definition) is 4. The Morgan fingerprint density at radius 2 is 0.493 bits per heavy atom. The first-order valence-electron chi connectivity index (χ1n) is 47.4. The van der Waals surface area contributed by atoms with E-state index < -0.39 is 0 Å². The van der Waals surface area contributed by atoms with Gasteiger partial charge in [-0.1, -0.05) is 328 Å². The van der Waals surface area contributed by atoms with E-state index in [2.05, 4.69) is 462 Å². The van der Waals surface area contributed by atoms with E-state index >= 15 is 0 Å². The molecule has 0 amide bonds. The lowest BCUT2D eigenvalue weighted by Gasteiger charge is -2.28. The molecule has 0 fully saturated rings. The Kier molecular flexibility index (Phi) is 20.2. The highest BCUT2D eigenvalue weighted by molar-refractivity contribution is 6.17. The van der Waals surface area contributed by atoms with Gasteiger partial charge in [-0.25, -0.2) is 8.78 Å². The summed E-state index contributed by atoms with van der Waals surface area (Å²) in [4.78, 5) is 4.73. The molecule has 6 nitrogen and oxygen atoms in total. The number of halogens is 2. The van der Waals surface area contributed by atoms with Gasteiger partial charge in [0.1, 0.15) is 34.0 Å². The molecule has 0 aliphatic carbocycles. The minimum Gasteiger partial charge on any atom is -0.455 e. The van der Waals surface area contributed by atoms with Crippen molar-refractivity contribution in [2.24, 2.45) is 0 Å². The molecule has 4 aromatic heterocycles. The lowest BCUT2D eigenvalue weighted by Crippen LogP contribution is -2.10. The number of nitrogens with zero attached hydrogens (tertiary/aromatic N) is 4. The first kappa shape index (κ1) is 82.2. The van der Waals surface area contributed by atoms with E-state index in [1.54, 1.807) is 0 Å². The Morgan fingerprint density at radius 3 is 0.921 bits per heavy atom. The van der Waals surface area contributed by atoms with Crippen molar-refractivity contribution in [3.05, 3.63) is 521 Å². The molecule has 0 atom stereocenters. The fourth-order valence-electron chi connectivity index (χ4n) is 21.3. The van der Waals surface area contributed by atoms with Crippen LogP contribution in [-0.4, -0.2) is 9.13 Å². The van der Waals surface area contributed by atoms with E-state index in [0.717, 1.165) is 222 Å². The molecule has 0 N–H and O–H groups in total. The van der Waals surface area contributed by atoms with Crippen LogP contribution in [0.1, 0.15) is 0 Å². The second-order valence-corrected chi connectivity index (χ2v) is 36.0. The van der Waals surface area contributed by atoms with Crippen molar-refractivity contribution in [2.45, 2.75) is 0 Å². The highest BCUT2D eigenvalue weighted by atomic mass is 19.1. The van der Waals surface area contributed by atoms with Crippen LogP contribution in [0, 0.1) is 11.6 Å². The fraction of sp³-hybridized carbons (Fsp3) is 0. The van der Waals surface area contributed by atoms with E-state index in [-0.39, 0.29) is 11.6 Å². The van der Waals surface area contributed by atoms with Gasteiger partial charge in [-0.15, -0.1) is 0 Å². The highest BCUT2D eigenvalue weighted by Crippen LogP contribution is 2.50. The minimum absolute atomic E-state index is 0.240. The first-order valence-corrected chi connectivity index (χ1v) is 47.4. The summed E-state index contributed by atoms with van der Waals surface area (Å²) in [5.74, 6) is -0.481. The standard InChI is InChI=1S/C68H43FN2O.C64H41FN2O/c69-52-31-25-45(26-32-52)46-27-33-54(34-28-46)71-64-23-10-8-19-60(64)61-36-30-48(43-66(61)71)49-39-50(41-51(40-49)57-21-12-22-63-62-20-9-11-24-67(62)72-68(57)63)56-37-38-65(59-18-7-6-17-58(56)59)70(53-15-2-1-3-16-53)55-35-29-44-13-4-5-14-47(44)42-55;65-48-31-26-42(27-32-48)43-28-33-51(34-29-43)67-60-24-11-9-20-56(60)57-35-30-44(41-62(57)67)45-38-46(40-47(39-45)53-22-13-23-59-58-21-10-12-25-63(58)68-64(53)59)52-36-37-61(55-19-8-7-18-54(52)55)66(49-14-3-1-4-15-49)50-16-5-2-6-17-50/h1-43H;1-41H. The predicted molar refractivity (Wildman–Crippen MR) is 581 cm³/mol. The molecule has 23 aromatic carbocycles. The molecule has 0 radical (unpaired) electrons. The topological polar surface area (TPSA) is 42.6 Å².